The molecule has 0 saturated carbocycles. The third kappa shape index (κ3) is 5.55. The fourth-order valence-corrected chi connectivity index (χ4v) is 2.94. The molecule has 8 nitrogen and oxygen atoms in total. The number of nitrogens with zero attached hydrogens (tertiary/aromatic N) is 1. The van der Waals surface area contributed by atoms with Crippen molar-refractivity contribution in [1.82, 2.24) is 5.43 Å². The number of anilines is 1. The number of phenolic OH excluding ortho intramolecular Hbond substituents is 1. The second kappa shape index (κ2) is 10.3. The highest BCUT2D eigenvalue weighted by Crippen LogP contribution is 2.28. The summed E-state index contributed by atoms with van der Waals surface area (Å²) in [4.78, 5) is 25.4. The largest absolute Gasteiger partial charge is 0.508 e. The first-order valence-electron chi connectivity index (χ1n) is 9.36. The summed E-state index contributed by atoms with van der Waals surface area (Å²) in [5.74, 6) is -0.0000680. The number of rotatable bonds is 7. The average molecular weight is 454 g/mol. The Hall–Kier alpha value is -4.04. The predicted molar refractivity (Wildman–Crippen MR) is 122 cm³/mol. The molecule has 0 aromatic heterocycles. The van der Waals surface area contributed by atoms with E-state index < -0.39 is 11.8 Å². The Morgan fingerprint density at radius 3 is 2.34 bits per heavy atom. The highest BCUT2D eigenvalue weighted by atomic mass is 35.5. The molecule has 0 bridgehead atoms. The highest BCUT2D eigenvalue weighted by molar-refractivity contribution is 6.31. The summed E-state index contributed by atoms with van der Waals surface area (Å²) in [5, 5.41) is 16.2. The SMILES string of the molecule is COc1ccc(C(=O)Nc2ccc(Cl)cc2C(=O)NN=Cc2ccc(O)cc2)cc1OC. The first kappa shape index (κ1) is 22.6. The number of carbonyl (C=O) groups is 2. The first-order valence-corrected chi connectivity index (χ1v) is 9.74. The van der Waals surface area contributed by atoms with E-state index in [0.717, 1.165) is 0 Å². The van der Waals surface area contributed by atoms with Crippen molar-refractivity contribution in [3.63, 3.8) is 0 Å². The number of hydrogen-bond donors (Lipinski definition) is 3. The minimum atomic E-state index is -0.565. The van der Waals surface area contributed by atoms with Gasteiger partial charge in [-0.1, -0.05) is 11.6 Å². The number of methoxy groups -OCH3 is 2. The molecule has 3 N–H and O–H groups in total. The number of benzene rings is 3. The molecule has 9 heteroatoms. The molecule has 0 fully saturated rings. The number of hydrazone groups is 1. The zero-order chi connectivity index (χ0) is 23.1. The van der Waals surface area contributed by atoms with Crippen LogP contribution in [0.25, 0.3) is 0 Å². The monoisotopic (exact) mass is 453 g/mol. The maximum atomic E-state index is 12.7. The van der Waals surface area contributed by atoms with Crippen LogP contribution in [0.15, 0.2) is 65.8 Å². The third-order valence-corrected chi connectivity index (χ3v) is 4.63. The molecule has 0 heterocycles. The number of amides is 2. The number of ether oxygens (including phenoxy) is 2. The number of aromatic hydroxyl groups is 1. The van der Waals surface area contributed by atoms with Gasteiger partial charge in [-0.3, -0.25) is 9.59 Å². The first-order chi connectivity index (χ1) is 15.4. The van der Waals surface area contributed by atoms with Crippen LogP contribution in [0.4, 0.5) is 5.69 Å². The van der Waals surface area contributed by atoms with Crippen LogP contribution in [-0.2, 0) is 0 Å². The second-order valence-electron chi connectivity index (χ2n) is 6.50. The molecule has 2 amide bonds. The molecule has 32 heavy (non-hydrogen) atoms. The molecule has 0 unspecified atom stereocenters. The molecule has 0 radical (unpaired) electrons. The van der Waals surface area contributed by atoms with Crippen LogP contribution in [0.1, 0.15) is 26.3 Å². The lowest BCUT2D eigenvalue weighted by atomic mass is 10.1. The molecule has 3 rings (SSSR count). The van der Waals surface area contributed by atoms with Crippen molar-refractivity contribution < 1.29 is 24.2 Å². The summed E-state index contributed by atoms with van der Waals surface area (Å²) in [5.41, 5.74) is 3.78. The maximum absolute atomic E-state index is 12.7. The van der Waals surface area contributed by atoms with Crippen LogP contribution in [0.5, 0.6) is 17.2 Å². The van der Waals surface area contributed by atoms with Crippen molar-refractivity contribution in [2.75, 3.05) is 19.5 Å². The van der Waals surface area contributed by atoms with Gasteiger partial charge in [-0.15, -0.1) is 0 Å². The Kier molecular flexibility index (Phi) is 7.30. The van der Waals surface area contributed by atoms with Crippen LogP contribution in [0, 0.1) is 0 Å². The number of hydrogen-bond acceptors (Lipinski definition) is 6. The van der Waals surface area contributed by atoms with Crippen LogP contribution in [0.3, 0.4) is 0 Å². The molecule has 0 atom stereocenters. The maximum Gasteiger partial charge on any atom is 0.273 e. The molecule has 0 spiro atoms. The third-order valence-electron chi connectivity index (χ3n) is 4.39. The van der Waals surface area contributed by atoms with Gasteiger partial charge in [-0.2, -0.15) is 5.10 Å². The van der Waals surface area contributed by atoms with Gasteiger partial charge in [0.2, 0.25) is 0 Å². The van der Waals surface area contributed by atoms with E-state index in [-0.39, 0.29) is 17.0 Å². The van der Waals surface area contributed by atoms with Gasteiger partial charge < -0.3 is 19.9 Å². The Balaban J connectivity index is 1.77. The minimum Gasteiger partial charge on any atom is -0.508 e. The molecule has 0 aliphatic rings. The van der Waals surface area contributed by atoms with Gasteiger partial charge in [0.15, 0.2) is 11.5 Å². The lowest BCUT2D eigenvalue weighted by molar-refractivity contribution is 0.0956. The second-order valence-corrected chi connectivity index (χ2v) is 6.94. The van der Waals surface area contributed by atoms with E-state index >= 15 is 0 Å². The van der Waals surface area contributed by atoms with Crippen LogP contribution in [-0.4, -0.2) is 37.4 Å². The summed E-state index contributed by atoms with van der Waals surface area (Å²) in [6.07, 6.45) is 1.42. The van der Waals surface area contributed by atoms with Gasteiger partial charge >= 0.3 is 0 Å². The molecule has 3 aromatic rings. The Labute approximate surface area is 189 Å². The van der Waals surface area contributed by atoms with Gasteiger partial charge in [-0.05, 0) is 66.2 Å². The van der Waals surface area contributed by atoms with Crippen LogP contribution >= 0.6 is 11.6 Å². The predicted octanol–water partition coefficient (Wildman–Crippen LogP) is 4.08. The lowest BCUT2D eigenvalue weighted by Crippen LogP contribution is -2.21. The summed E-state index contributed by atoms with van der Waals surface area (Å²) >= 11 is 6.05. The molecular formula is C23H20ClN3O5. The van der Waals surface area contributed by atoms with Gasteiger partial charge in [0, 0.05) is 10.6 Å². The standard InChI is InChI=1S/C23H20ClN3O5/c1-31-20-10-5-15(11-21(20)32-2)22(29)26-19-9-6-16(24)12-18(19)23(30)27-25-13-14-3-7-17(28)8-4-14/h3-13,28H,1-2H3,(H,26,29)(H,27,30). The number of nitrogens with one attached hydrogen (secondary N) is 2. The Morgan fingerprint density at radius 2 is 1.66 bits per heavy atom. The summed E-state index contributed by atoms with van der Waals surface area (Å²) in [6.45, 7) is 0. The fraction of sp³-hybridized carbons (Fsp3) is 0.0870. The van der Waals surface area contributed by atoms with Gasteiger partial charge in [0.1, 0.15) is 5.75 Å². The van der Waals surface area contributed by atoms with Gasteiger partial charge in [0.25, 0.3) is 11.8 Å². The van der Waals surface area contributed by atoms with Crippen LogP contribution in [0.2, 0.25) is 5.02 Å². The summed E-state index contributed by atoms with van der Waals surface area (Å²) in [6, 6.07) is 15.5. The lowest BCUT2D eigenvalue weighted by Gasteiger charge is -2.12. The highest BCUT2D eigenvalue weighted by Gasteiger charge is 2.16. The van der Waals surface area contributed by atoms with E-state index in [4.69, 9.17) is 21.1 Å². The molecule has 0 aliphatic heterocycles. The van der Waals surface area contributed by atoms with E-state index in [1.54, 1.807) is 30.3 Å². The Bertz CT molecular complexity index is 1160. The van der Waals surface area contributed by atoms with E-state index in [2.05, 4.69) is 15.8 Å². The number of carbonyl (C=O) groups excluding carboxylic acids is 2. The van der Waals surface area contributed by atoms with Crippen molar-refractivity contribution in [3.8, 4) is 17.2 Å². The van der Waals surface area contributed by atoms with E-state index in [1.165, 1.54) is 50.8 Å². The molecule has 0 saturated heterocycles. The Morgan fingerprint density at radius 1 is 0.938 bits per heavy atom. The topological polar surface area (TPSA) is 109 Å². The van der Waals surface area contributed by atoms with Crippen molar-refractivity contribution >= 4 is 35.3 Å². The van der Waals surface area contributed by atoms with Gasteiger partial charge in [0.05, 0.1) is 31.7 Å². The quantitative estimate of drug-likeness (QED) is 0.369. The zero-order valence-electron chi connectivity index (χ0n) is 17.3. The van der Waals surface area contributed by atoms with E-state index in [0.29, 0.717) is 27.6 Å². The van der Waals surface area contributed by atoms with Gasteiger partial charge in [-0.25, -0.2) is 5.43 Å². The zero-order valence-corrected chi connectivity index (χ0v) is 18.0. The minimum absolute atomic E-state index is 0.125. The smallest absolute Gasteiger partial charge is 0.273 e. The van der Waals surface area contributed by atoms with E-state index in [1.807, 2.05) is 0 Å². The molecule has 164 valence electrons. The van der Waals surface area contributed by atoms with Crippen molar-refractivity contribution in [1.29, 1.82) is 0 Å². The summed E-state index contributed by atoms with van der Waals surface area (Å²) < 4.78 is 10.4. The normalized spacial score (nSPS) is 10.6. The molecular weight excluding hydrogens is 434 g/mol. The average Bonchev–Trinajstić information content (AvgIpc) is 2.80. The number of halogens is 1. The summed E-state index contributed by atoms with van der Waals surface area (Å²) in [7, 11) is 2.97. The van der Waals surface area contributed by atoms with Crippen molar-refractivity contribution in [3.05, 3.63) is 82.4 Å². The van der Waals surface area contributed by atoms with Crippen LogP contribution < -0.4 is 20.2 Å². The van der Waals surface area contributed by atoms with Crippen molar-refractivity contribution in [2.45, 2.75) is 0 Å². The van der Waals surface area contributed by atoms with E-state index in [9.17, 15) is 14.7 Å². The molecule has 3 aromatic carbocycles. The van der Waals surface area contributed by atoms with Crippen molar-refractivity contribution in [2.24, 2.45) is 5.10 Å². The molecule has 0 aliphatic carbocycles. The number of phenols is 1. The fourth-order valence-electron chi connectivity index (χ4n) is 2.77.